The third kappa shape index (κ3) is 3.96. The molecule has 1 heterocycles. The third-order valence-electron chi connectivity index (χ3n) is 3.48. The van der Waals surface area contributed by atoms with Crippen LogP contribution in [0, 0.1) is 0 Å². The van der Waals surface area contributed by atoms with Crippen molar-refractivity contribution in [2.75, 3.05) is 33.3 Å². The van der Waals surface area contributed by atoms with Crippen molar-refractivity contribution < 1.29 is 9.53 Å². The van der Waals surface area contributed by atoms with Gasteiger partial charge >= 0.3 is 0 Å². The van der Waals surface area contributed by atoms with E-state index in [0.29, 0.717) is 19.1 Å². The SMILES string of the molecule is CC1CN(C)CCN1C(=O)CCOc1ccccc1. The summed E-state index contributed by atoms with van der Waals surface area (Å²) in [6.07, 6.45) is 0.447. The Hall–Kier alpha value is -1.55. The van der Waals surface area contributed by atoms with Gasteiger partial charge in [-0.2, -0.15) is 0 Å². The highest BCUT2D eigenvalue weighted by Gasteiger charge is 2.25. The lowest BCUT2D eigenvalue weighted by Gasteiger charge is -2.38. The van der Waals surface area contributed by atoms with Gasteiger partial charge in [0.25, 0.3) is 0 Å². The number of para-hydroxylation sites is 1. The van der Waals surface area contributed by atoms with Crippen LogP contribution in [0.5, 0.6) is 5.75 Å². The summed E-state index contributed by atoms with van der Waals surface area (Å²) in [6.45, 7) is 5.27. The number of amides is 1. The molecular formula is C15H22N2O2. The standard InChI is InChI=1S/C15H22N2O2/c1-13-12-16(2)9-10-17(13)15(18)8-11-19-14-6-4-3-5-7-14/h3-7,13H,8-12H2,1-2H3. The van der Waals surface area contributed by atoms with Crippen molar-refractivity contribution in [2.24, 2.45) is 0 Å². The number of nitrogens with zero attached hydrogens (tertiary/aromatic N) is 2. The van der Waals surface area contributed by atoms with Crippen LogP contribution < -0.4 is 4.74 Å². The number of ether oxygens (including phenoxy) is 1. The summed E-state index contributed by atoms with van der Waals surface area (Å²) in [7, 11) is 2.09. The quantitative estimate of drug-likeness (QED) is 0.826. The second-order valence-electron chi connectivity index (χ2n) is 5.11. The number of hydrogen-bond donors (Lipinski definition) is 0. The largest absolute Gasteiger partial charge is 0.493 e. The average molecular weight is 262 g/mol. The maximum atomic E-state index is 12.1. The second kappa shape index (κ2) is 6.57. The Morgan fingerprint density at radius 2 is 2.05 bits per heavy atom. The van der Waals surface area contributed by atoms with Gasteiger partial charge in [0.1, 0.15) is 5.75 Å². The number of piperazine rings is 1. The lowest BCUT2D eigenvalue weighted by molar-refractivity contribution is -0.135. The molecule has 2 rings (SSSR count). The average Bonchev–Trinajstić information content (AvgIpc) is 2.39. The Labute approximate surface area is 115 Å². The zero-order chi connectivity index (χ0) is 13.7. The van der Waals surface area contributed by atoms with Gasteiger partial charge in [0, 0.05) is 25.7 Å². The van der Waals surface area contributed by atoms with Crippen molar-refractivity contribution in [1.29, 1.82) is 0 Å². The van der Waals surface area contributed by atoms with E-state index in [1.165, 1.54) is 0 Å². The normalized spacial score (nSPS) is 20.3. The maximum Gasteiger partial charge on any atom is 0.226 e. The molecule has 0 bridgehead atoms. The first-order valence-electron chi connectivity index (χ1n) is 6.82. The van der Waals surface area contributed by atoms with Crippen LogP contribution in [0.2, 0.25) is 0 Å². The fraction of sp³-hybridized carbons (Fsp3) is 0.533. The zero-order valence-corrected chi connectivity index (χ0v) is 11.7. The molecule has 1 fully saturated rings. The fourth-order valence-corrected chi connectivity index (χ4v) is 2.43. The molecule has 0 spiro atoms. The summed E-state index contributed by atoms with van der Waals surface area (Å²) >= 11 is 0. The summed E-state index contributed by atoms with van der Waals surface area (Å²) in [5, 5.41) is 0. The monoisotopic (exact) mass is 262 g/mol. The zero-order valence-electron chi connectivity index (χ0n) is 11.7. The number of likely N-dealkylation sites (N-methyl/N-ethyl adjacent to an activating group) is 1. The van der Waals surface area contributed by atoms with Crippen LogP contribution >= 0.6 is 0 Å². The van der Waals surface area contributed by atoms with Gasteiger partial charge in [0.2, 0.25) is 5.91 Å². The lowest BCUT2D eigenvalue weighted by atomic mass is 10.2. The van der Waals surface area contributed by atoms with E-state index in [-0.39, 0.29) is 5.91 Å². The van der Waals surface area contributed by atoms with Gasteiger partial charge in [-0.05, 0) is 26.1 Å². The minimum absolute atomic E-state index is 0.191. The minimum atomic E-state index is 0.191. The van der Waals surface area contributed by atoms with Crippen LogP contribution in [0.4, 0.5) is 0 Å². The van der Waals surface area contributed by atoms with Crippen LogP contribution in [-0.2, 0) is 4.79 Å². The molecule has 0 N–H and O–H groups in total. The fourth-order valence-electron chi connectivity index (χ4n) is 2.43. The van der Waals surface area contributed by atoms with E-state index in [1.807, 2.05) is 35.2 Å². The highest BCUT2D eigenvalue weighted by atomic mass is 16.5. The highest BCUT2D eigenvalue weighted by molar-refractivity contribution is 5.76. The van der Waals surface area contributed by atoms with Crippen molar-refractivity contribution >= 4 is 5.91 Å². The van der Waals surface area contributed by atoms with E-state index in [1.54, 1.807) is 0 Å². The van der Waals surface area contributed by atoms with Crippen LogP contribution in [0.1, 0.15) is 13.3 Å². The molecular weight excluding hydrogens is 240 g/mol. The van der Waals surface area contributed by atoms with Crippen molar-refractivity contribution in [3.8, 4) is 5.75 Å². The second-order valence-corrected chi connectivity index (χ2v) is 5.11. The molecule has 1 atom stereocenters. The molecule has 4 heteroatoms. The molecule has 1 aliphatic rings. The predicted octanol–water partition coefficient (Wildman–Crippen LogP) is 1.62. The first-order chi connectivity index (χ1) is 9.16. The molecule has 0 aromatic heterocycles. The van der Waals surface area contributed by atoms with E-state index >= 15 is 0 Å². The summed E-state index contributed by atoms with van der Waals surface area (Å²) < 4.78 is 5.57. The predicted molar refractivity (Wildman–Crippen MR) is 75.2 cm³/mol. The van der Waals surface area contributed by atoms with Crippen LogP contribution in [0.15, 0.2) is 30.3 Å². The smallest absolute Gasteiger partial charge is 0.226 e. The van der Waals surface area contributed by atoms with E-state index in [2.05, 4.69) is 18.9 Å². The van der Waals surface area contributed by atoms with Gasteiger partial charge in [-0.15, -0.1) is 0 Å². The minimum Gasteiger partial charge on any atom is -0.493 e. The van der Waals surface area contributed by atoms with Crippen LogP contribution in [0.25, 0.3) is 0 Å². The molecule has 1 aromatic carbocycles. The Kier molecular flexibility index (Phi) is 4.80. The van der Waals surface area contributed by atoms with Crippen LogP contribution in [-0.4, -0.2) is 55.0 Å². The molecule has 1 saturated heterocycles. The van der Waals surface area contributed by atoms with E-state index in [0.717, 1.165) is 25.4 Å². The van der Waals surface area contributed by atoms with Gasteiger partial charge in [-0.1, -0.05) is 18.2 Å². The first kappa shape index (κ1) is 13.9. The number of carbonyl (C=O) groups excluding carboxylic acids is 1. The number of carbonyl (C=O) groups is 1. The van der Waals surface area contributed by atoms with Gasteiger partial charge in [-0.25, -0.2) is 0 Å². The Morgan fingerprint density at radius 1 is 1.32 bits per heavy atom. The Morgan fingerprint density at radius 3 is 2.74 bits per heavy atom. The summed E-state index contributed by atoms with van der Waals surface area (Å²) in [5.74, 6) is 1.01. The molecule has 0 aliphatic carbocycles. The van der Waals surface area contributed by atoms with Gasteiger partial charge in [0.05, 0.1) is 13.0 Å². The molecule has 0 saturated carbocycles. The van der Waals surface area contributed by atoms with Gasteiger partial charge in [0.15, 0.2) is 0 Å². The van der Waals surface area contributed by atoms with Crippen LogP contribution in [0.3, 0.4) is 0 Å². The number of rotatable bonds is 4. The van der Waals surface area contributed by atoms with Crippen molar-refractivity contribution in [1.82, 2.24) is 9.80 Å². The Bertz CT molecular complexity index is 408. The van der Waals surface area contributed by atoms with Crippen molar-refractivity contribution in [3.05, 3.63) is 30.3 Å². The highest BCUT2D eigenvalue weighted by Crippen LogP contribution is 2.11. The molecule has 1 aliphatic heterocycles. The lowest BCUT2D eigenvalue weighted by Crippen LogP contribution is -2.52. The molecule has 0 radical (unpaired) electrons. The Balaban J connectivity index is 1.75. The maximum absolute atomic E-state index is 12.1. The van der Waals surface area contributed by atoms with E-state index in [9.17, 15) is 4.79 Å². The van der Waals surface area contributed by atoms with Gasteiger partial charge < -0.3 is 14.5 Å². The molecule has 1 aromatic rings. The molecule has 1 amide bonds. The number of hydrogen-bond acceptors (Lipinski definition) is 3. The van der Waals surface area contributed by atoms with E-state index in [4.69, 9.17) is 4.74 Å². The van der Waals surface area contributed by atoms with Crippen molar-refractivity contribution in [3.63, 3.8) is 0 Å². The molecule has 19 heavy (non-hydrogen) atoms. The molecule has 104 valence electrons. The molecule has 4 nitrogen and oxygen atoms in total. The molecule has 1 unspecified atom stereocenters. The third-order valence-corrected chi connectivity index (χ3v) is 3.48. The van der Waals surface area contributed by atoms with Crippen molar-refractivity contribution in [2.45, 2.75) is 19.4 Å². The number of benzene rings is 1. The summed E-state index contributed by atoms with van der Waals surface area (Å²) in [6, 6.07) is 9.91. The van der Waals surface area contributed by atoms with Gasteiger partial charge in [-0.3, -0.25) is 4.79 Å². The summed E-state index contributed by atoms with van der Waals surface area (Å²) in [4.78, 5) is 16.4. The summed E-state index contributed by atoms with van der Waals surface area (Å²) in [5.41, 5.74) is 0. The first-order valence-corrected chi connectivity index (χ1v) is 6.82. The topological polar surface area (TPSA) is 32.8 Å². The van der Waals surface area contributed by atoms with E-state index < -0.39 is 0 Å².